The van der Waals surface area contributed by atoms with E-state index in [0.717, 1.165) is 6.42 Å². The molecule has 0 aromatic heterocycles. The summed E-state index contributed by atoms with van der Waals surface area (Å²) in [6, 6.07) is 6.17. The molecule has 0 heterocycles. The molecule has 0 aliphatic rings. The van der Waals surface area contributed by atoms with Gasteiger partial charge in [0.15, 0.2) is 5.84 Å². The van der Waals surface area contributed by atoms with Crippen LogP contribution in [-0.4, -0.2) is 30.4 Å². The third-order valence-corrected chi connectivity index (χ3v) is 2.58. The minimum Gasteiger partial charge on any atom is -0.494 e. The summed E-state index contributed by atoms with van der Waals surface area (Å²) in [4.78, 5) is 0. The molecule has 1 aromatic rings. The second-order valence-electron chi connectivity index (χ2n) is 4.25. The number of oxime groups is 1. The smallest absolute Gasteiger partial charge is 0.402 e. The summed E-state index contributed by atoms with van der Waals surface area (Å²) in [6.45, 7) is 1.75. The topological polar surface area (TPSA) is 77.1 Å². The van der Waals surface area contributed by atoms with Gasteiger partial charge in [-0.05, 0) is 30.7 Å². The summed E-state index contributed by atoms with van der Waals surface area (Å²) in [5.74, 6) is -2.27. The average Bonchev–Trinajstić information content (AvgIpc) is 2.44. The average molecular weight is 306 g/mol. The Labute approximate surface area is 120 Å². The van der Waals surface area contributed by atoms with Crippen LogP contribution < -0.4 is 15.2 Å². The molecule has 118 valence electrons. The van der Waals surface area contributed by atoms with E-state index in [1.54, 1.807) is 12.1 Å². The Hall–Kier alpha value is -2.12. The van der Waals surface area contributed by atoms with Crippen LogP contribution in [-0.2, 0) is 0 Å². The SMILES string of the molecule is CCCOc1ccc(OCC(/C(N)=N/O)C(F)(F)F)cc1. The number of amidine groups is 1. The highest BCUT2D eigenvalue weighted by Crippen LogP contribution is 2.27. The van der Waals surface area contributed by atoms with Crippen LogP contribution in [0.1, 0.15) is 13.3 Å². The molecule has 0 amide bonds. The van der Waals surface area contributed by atoms with Gasteiger partial charge in [0.1, 0.15) is 24.0 Å². The van der Waals surface area contributed by atoms with Crippen molar-refractivity contribution in [2.75, 3.05) is 13.2 Å². The lowest BCUT2D eigenvalue weighted by molar-refractivity contribution is -0.162. The van der Waals surface area contributed by atoms with Gasteiger partial charge in [-0.1, -0.05) is 12.1 Å². The van der Waals surface area contributed by atoms with Crippen LogP contribution in [0, 0.1) is 5.92 Å². The maximum absolute atomic E-state index is 12.7. The molecule has 0 fully saturated rings. The summed E-state index contributed by atoms with van der Waals surface area (Å²) in [5.41, 5.74) is 5.03. The third kappa shape index (κ3) is 5.41. The van der Waals surface area contributed by atoms with Crippen LogP contribution in [0.2, 0.25) is 0 Å². The quantitative estimate of drug-likeness (QED) is 0.351. The number of halogens is 3. The molecular weight excluding hydrogens is 289 g/mol. The number of rotatable bonds is 7. The van der Waals surface area contributed by atoms with Crippen LogP contribution in [0.15, 0.2) is 29.4 Å². The summed E-state index contributed by atoms with van der Waals surface area (Å²) in [5, 5.41) is 10.8. The Morgan fingerprint density at radius 1 is 1.24 bits per heavy atom. The molecule has 3 N–H and O–H groups in total. The molecule has 1 atom stereocenters. The van der Waals surface area contributed by atoms with Gasteiger partial charge in [-0.25, -0.2) is 0 Å². The molecule has 5 nitrogen and oxygen atoms in total. The molecule has 0 saturated heterocycles. The number of nitrogens with zero attached hydrogens (tertiary/aromatic N) is 1. The monoisotopic (exact) mass is 306 g/mol. The van der Waals surface area contributed by atoms with Crippen LogP contribution in [0.5, 0.6) is 11.5 Å². The van der Waals surface area contributed by atoms with Crippen molar-refractivity contribution in [2.24, 2.45) is 16.8 Å². The van der Waals surface area contributed by atoms with E-state index in [-0.39, 0.29) is 5.75 Å². The van der Waals surface area contributed by atoms with Gasteiger partial charge in [0.05, 0.1) is 6.61 Å². The third-order valence-electron chi connectivity index (χ3n) is 2.58. The summed E-state index contributed by atoms with van der Waals surface area (Å²) in [6.07, 6.45) is -3.80. The van der Waals surface area contributed by atoms with Gasteiger partial charge in [-0.3, -0.25) is 0 Å². The van der Waals surface area contributed by atoms with E-state index in [9.17, 15) is 13.2 Å². The maximum atomic E-state index is 12.7. The normalized spacial score (nSPS) is 13.8. The Morgan fingerprint density at radius 2 is 1.76 bits per heavy atom. The van der Waals surface area contributed by atoms with Gasteiger partial charge in [0, 0.05) is 0 Å². The van der Waals surface area contributed by atoms with Gasteiger partial charge in [0.25, 0.3) is 0 Å². The van der Waals surface area contributed by atoms with Crippen molar-refractivity contribution in [2.45, 2.75) is 19.5 Å². The second-order valence-corrected chi connectivity index (χ2v) is 4.25. The zero-order valence-electron chi connectivity index (χ0n) is 11.4. The van der Waals surface area contributed by atoms with Crippen molar-refractivity contribution in [3.63, 3.8) is 0 Å². The number of nitrogens with two attached hydrogens (primary N) is 1. The molecule has 0 bridgehead atoms. The van der Waals surface area contributed by atoms with E-state index < -0.39 is 24.5 Å². The zero-order chi connectivity index (χ0) is 15.9. The number of ether oxygens (including phenoxy) is 2. The van der Waals surface area contributed by atoms with Crippen molar-refractivity contribution >= 4 is 5.84 Å². The Bertz CT molecular complexity index is 461. The summed E-state index contributed by atoms with van der Waals surface area (Å²) < 4.78 is 48.4. The lowest BCUT2D eigenvalue weighted by Crippen LogP contribution is -2.40. The highest BCUT2D eigenvalue weighted by molar-refractivity contribution is 5.83. The first-order valence-corrected chi connectivity index (χ1v) is 6.28. The largest absolute Gasteiger partial charge is 0.494 e. The van der Waals surface area contributed by atoms with Gasteiger partial charge in [-0.2, -0.15) is 13.2 Å². The van der Waals surface area contributed by atoms with Gasteiger partial charge < -0.3 is 20.4 Å². The number of alkyl halides is 3. The van der Waals surface area contributed by atoms with E-state index in [1.165, 1.54) is 12.1 Å². The molecule has 0 radical (unpaired) electrons. The maximum Gasteiger partial charge on any atom is 0.402 e. The van der Waals surface area contributed by atoms with Crippen molar-refractivity contribution in [3.05, 3.63) is 24.3 Å². The Morgan fingerprint density at radius 3 is 2.19 bits per heavy atom. The second kappa shape index (κ2) is 7.61. The van der Waals surface area contributed by atoms with Crippen LogP contribution >= 0.6 is 0 Å². The molecule has 1 aromatic carbocycles. The van der Waals surface area contributed by atoms with E-state index in [4.69, 9.17) is 20.4 Å². The molecular formula is C13H17F3N2O3. The highest BCUT2D eigenvalue weighted by Gasteiger charge is 2.43. The fourth-order valence-corrected chi connectivity index (χ4v) is 1.45. The number of hydrogen-bond acceptors (Lipinski definition) is 4. The molecule has 1 unspecified atom stereocenters. The molecule has 0 aliphatic carbocycles. The van der Waals surface area contributed by atoms with Crippen molar-refractivity contribution in [1.82, 2.24) is 0 Å². The van der Waals surface area contributed by atoms with Crippen LogP contribution in [0.4, 0.5) is 13.2 Å². The van der Waals surface area contributed by atoms with Crippen LogP contribution in [0.25, 0.3) is 0 Å². The number of hydrogen-bond donors (Lipinski definition) is 2. The van der Waals surface area contributed by atoms with Crippen molar-refractivity contribution < 1.29 is 27.9 Å². The van der Waals surface area contributed by atoms with Crippen LogP contribution in [0.3, 0.4) is 0 Å². The van der Waals surface area contributed by atoms with E-state index in [0.29, 0.717) is 12.4 Å². The molecule has 1 rings (SSSR count). The fourth-order valence-electron chi connectivity index (χ4n) is 1.45. The van der Waals surface area contributed by atoms with Crippen molar-refractivity contribution in [1.29, 1.82) is 0 Å². The highest BCUT2D eigenvalue weighted by atomic mass is 19.4. The van der Waals surface area contributed by atoms with E-state index in [2.05, 4.69) is 5.16 Å². The predicted molar refractivity (Wildman–Crippen MR) is 70.7 cm³/mol. The minimum atomic E-state index is -4.65. The standard InChI is InChI=1S/C13H17F3N2O3/c1-2-7-20-9-3-5-10(6-4-9)21-8-11(12(17)18-19)13(14,15)16/h3-6,11,19H,2,7-8H2,1H3,(H2,17,18). The molecule has 21 heavy (non-hydrogen) atoms. The molecule has 0 aliphatic heterocycles. The lowest BCUT2D eigenvalue weighted by atomic mass is 10.1. The van der Waals surface area contributed by atoms with E-state index in [1.807, 2.05) is 6.92 Å². The van der Waals surface area contributed by atoms with E-state index >= 15 is 0 Å². The first kappa shape index (κ1) is 16.9. The van der Waals surface area contributed by atoms with Gasteiger partial charge >= 0.3 is 6.18 Å². The minimum absolute atomic E-state index is 0.235. The first-order valence-electron chi connectivity index (χ1n) is 6.28. The lowest BCUT2D eigenvalue weighted by Gasteiger charge is -2.19. The molecule has 0 saturated carbocycles. The Balaban J connectivity index is 2.64. The molecule has 0 spiro atoms. The summed E-state index contributed by atoms with van der Waals surface area (Å²) in [7, 11) is 0. The number of benzene rings is 1. The predicted octanol–water partition coefficient (Wildman–Crippen LogP) is 2.78. The Kier molecular flexibility index (Phi) is 6.13. The molecule has 8 heteroatoms. The fraction of sp³-hybridized carbons (Fsp3) is 0.462. The summed E-state index contributed by atoms with van der Waals surface area (Å²) >= 11 is 0. The first-order chi connectivity index (χ1) is 9.88. The van der Waals surface area contributed by atoms with Gasteiger partial charge in [-0.15, -0.1) is 0 Å². The zero-order valence-corrected chi connectivity index (χ0v) is 11.4. The van der Waals surface area contributed by atoms with Gasteiger partial charge in [0.2, 0.25) is 0 Å². The van der Waals surface area contributed by atoms with Crippen molar-refractivity contribution in [3.8, 4) is 11.5 Å².